The van der Waals surface area contributed by atoms with Crippen LogP contribution in [0.5, 0.6) is 0 Å². The second kappa shape index (κ2) is 5.53. The number of halogens is 1. The van der Waals surface area contributed by atoms with Gasteiger partial charge in [-0.1, -0.05) is 26.0 Å². The quantitative estimate of drug-likeness (QED) is 0.871. The Hall–Kier alpha value is -2.34. The lowest BCUT2D eigenvalue weighted by Gasteiger charge is -2.09. The number of anilines is 2. The molecule has 0 amide bonds. The molecule has 2 nitrogen and oxygen atoms in total. The lowest BCUT2D eigenvalue weighted by atomic mass is 10.0. The molecule has 0 radical (unpaired) electrons. The first-order valence-electron chi connectivity index (χ1n) is 6.17. The number of hydrogen-bond donors (Lipinski definition) is 1. The van der Waals surface area contributed by atoms with Crippen molar-refractivity contribution in [1.82, 2.24) is 0 Å². The van der Waals surface area contributed by atoms with Gasteiger partial charge in [0.15, 0.2) is 0 Å². The summed E-state index contributed by atoms with van der Waals surface area (Å²) in [6.45, 7) is 4.27. The van der Waals surface area contributed by atoms with E-state index in [1.165, 1.54) is 17.7 Å². The van der Waals surface area contributed by atoms with Gasteiger partial charge in [0.2, 0.25) is 0 Å². The monoisotopic (exact) mass is 254 g/mol. The standard InChI is InChI=1S/C16H15FN2/c1-11(2)12-3-6-14(7-4-12)19-15-8-5-13(10-18)16(17)9-15/h3-9,11,19H,1-2H3. The molecule has 0 bridgehead atoms. The highest BCUT2D eigenvalue weighted by Crippen LogP contribution is 2.21. The number of nitriles is 1. The van der Waals surface area contributed by atoms with Crippen LogP contribution in [0.4, 0.5) is 15.8 Å². The number of benzene rings is 2. The highest BCUT2D eigenvalue weighted by Gasteiger charge is 2.03. The average Bonchev–Trinajstić information content (AvgIpc) is 2.39. The van der Waals surface area contributed by atoms with Crippen molar-refractivity contribution in [2.75, 3.05) is 5.32 Å². The van der Waals surface area contributed by atoms with Crippen molar-refractivity contribution in [3.8, 4) is 6.07 Å². The Morgan fingerprint density at radius 3 is 2.21 bits per heavy atom. The predicted octanol–water partition coefficient (Wildman–Crippen LogP) is 4.56. The minimum atomic E-state index is -0.508. The smallest absolute Gasteiger partial charge is 0.143 e. The lowest BCUT2D eigenvalue weighted by molar-refractivity contribution is 0.624. The highest BCUT2D eigenvalue weighted by atomic mass is 19.1. The molecular formula is C16H15FN2. The fourth-order valence-corrected chi connectivity index (χ4v) is 1.80. The molecule has 3 heteroatoms. The van der Waals surface area contributed by atoms with Gasteiger partial charge in [0, 0.05) is 11.4 Å². The topological polar surface area (TPSA) is 35.8 Å². The molecule has 0 fully saturated rings. The summed E-state index contributed by atoms with van der Waals surface area (Å²) in [7, 11) is 0. The fraction of sp³-hybridized carbons (Fsp3) is 0.188. The van der Waals surface area contributed by atoms with Gasteiger partial charge >= 0.3 is 0 Å². The van der Waals surface area contributed by atoms with E-state index < -0.39 is 5.82 Å². The Labute approximate surface area is 112 Å². The summed E-state index contributed by atoms with van der Waals surface area (Å²) in [5.41, 5.74) is 2.85. The SMILES string of the molecule is CC(C)c1ccc(Nc2ccc(C#N)c(F)c2)cc1. The van der Waals surface area contributed by atoms with E-state index in [0.717, 1.165) is 5.69 Å². The second-order valence-corrected chi connectivity index (χ2v) is 4.71. The molecule has 0 spiro atoms. The van der Waals surface area contributed by atoms with Gasteiger partial charge in [-0.15, -0.1) is 0 Å². The zero-order chi connectivity index (χ0) is 13.8. The van der Waals surface area contributed by atoms with Crippen molar-refractivity contribution < 1.29 is 4.39 Å². The molecule has 0 heterocycles. The highest BCUT2D eigenvalue weighted by molar-refractivity contribution is 5.61. The van der Waals surface area contributed by atoms with Crippen LogP contribution in [0, 0.1) is 17.1 Å². The summed E-state index contributed by atoms with van der Waals surface area (Å²) in [4.78, 5) is 0. The summed E-state index contributed by atoms with van der Waals surface area (Å²) in [5.74, 6) is -0.0206. The van der Waals surface area contributed by atoms with Gasteiger partial charge in [0.05, 0.1) is 5.56 Å². The maximum absolute atomic E-state index is 13.5. The van der Waals surface area contributed by atoms with Gasteiger partial charge in [-0.2, -0.15) is 5.26 Å². The van der Waals surface area contributed by atoms with Crippen molar-refractivity contribution in [2.24, 2.45) is 0 Å². The number of hydrogen-bond acceptors (Lipinski definition) is 2. The summed E-state index contributed by atoms with van der Waals surface area (Å²) in [5, 5.41) is 11.8. The van der Waals surface area contributed by atoms with E-state index in [4.69, 9.17) is 5.26 Å². The van der Waals surface area contributed by atoms with Crippen LogP contribution in [0.25, 0.3) is 0 Å². The molecule has 2 aromatic carbocycles. The Morgan fingerprint density at radius 2 is 1.68 bits per heavy atom. The first-order chi connectivity index (χ1) is 9.10. The molecule has 0 saturated heterocycles. The summed E-state index contributed by atoms with van der Waals surface area (Å²) >= 11 is 0. The zero-order valence-electron chi connectivity index (χ0n) is 10.9. The van der Waals surface area contributed by atoms with Gasteiger partial charge in [0.25, 0.3) is 0 Å². The molecule has 0 unspecified atom stereocenters. The van der Waals surface area contributed by atoms with Gasteiger partial charge < -0.3 is 5.32 Å². The zero-order valence-corrected chi connectivity index (χ0v) is 10.9. The minimum absolute atomic E-state index is 0.0562. The molecule has 0 saturated carbocycles. The summed E-state index contributed by atoms with van der Waals surface area (Å²) in [6.07, 6.45) is 0. The Bertz CT molecular complexity index is 610. The molecule has 0 aliphatic rings. The molecule has 0 aliphatic heterocycles. The Kier molecular flexibility index (Phi) is 3.82. The third-order valence-corrected chi connectivity index (χ3v) is 2.96. The van der Waals surface area contributed by atoms with Gasteiger partial charge in [-0.05, 0) is 41.8 Å². The van der Waals surface area contributed by atoms with E-state index in [1.807, 2.05) is 24.3 Å². The molecule has 96 valence electrons. The van der Waals surface area contributed by atoms with E-state index in [0.29, 0.717) is 11.6 Å². The van der Waals surface area contributed by atoms with E-state index in [2.05, 4.69) is 19.2 Å². The lowest BCUT2D eigenvalue weighted by Crippen LogP contribution is -1.93. The molecule has 1 N–H and O–H groups in total. The predicted molar refractivity (Wildman–Crippen MR) is 74.9 cm³/mol. The van der Waals surface area contributed by atoms with E-state index in [1.54, 1.807) is 12.1 Å². The first kappa shape index (κ1) is 13.1. The van der Waals surface area contributed by atoms with Gasteiger partial charge in [0.1, 0.15) is 11.9 Å². The molecule has 0 atom stereocenters. The number of rotatable bonds is 3. The van der Waals surface area contributed by atoms with Crippen LogP contribution < -0.4 is 5.32 Å². The van der Waals surface area contributed by atoms with Crippen LogP contribution in [0.1, 0.15) is 30.9 Å². The third-order valence-electron chi connectivity index (χ3n) is 2.96. The largest absolute Gasteiger partial charge is 0.355 e. The van der Waals surface area contributed by atoms with E-state index in [-0.39, 0.29) is 5.56 Å². The molecule has 19 heavy (non-hydrogen) atoms. The van der Waals surface area contributed by atoms with Crippen LogP contribution in [0.15, 0.2) is 42.5 Å². The number of nitrogens with zero attached hydrogens (tertiary/aromatic N) is 1. The van der Waals surface area contributed by atoms with Crippen LogP contribution in [-0.2, 0) is 0 Å². The molecule has 2 rings (SSSR count). The van der Waals surface area contributed by atoms with Crippen LogP contribution >= 0.6 is 0 Å². The van der Waals surface area contributed by atoms with Gasteiger partial charge in [-0.25, -0.2) is 4.39 Å². The third kappa shape index (κ3) is 3.11. The second-order valence-electron chi connectivity index (χ2n) is 4.71. The van der Waals surface area contributed by atoms with Crippen molar-refractivity contribution in [1.29, 1.82) is 5.26 Å². The average molecular weight is 254 g/mol. The minimum Gasteiger partial charge on any atom is -0.355 e. The van der Waals surface area contributed by atoms with Crippen LogP contribution in [0.2, 0.25) is 0 Å². The maximum Gasteiger partial charge on any atom is 0.143 e. The molecule has 2 aromatic rings. The van der Waals surface area contributed by atoms with Crippen molar-refractivity contribution in [3.63, 3.8) is 0 Å². The molecular weight excluding hydrogens is 239 g/mol. The van der Waals surface area contributed by atoms with Crippen LogP contribution in [0.3, 0.4) is 0 Å². The van der Waals surface area contributed by atoms with E-state index in [9.17, 15) is 4.39 Å². The molecule has 0 aliphatic carbocycles. The van der Waals surface area contributed by atoms with Crippen molar-refractivity contribution in [3.05, 3.63) is 59.4 Å². The Balaban J connectivity index is 2.17. The first-order valence-corrected chi connectivity index (χ1v) is 6.17. The van der Waals surface area contributed by atoms with Crippen molar-refractivity contribution in [2.45, 2.75) is 19.8 Å². The summed E-state index contributed by atoms with van der Waals surface area (Å²) in [6, 6.07) is 14.3. The number of nitrogens with one attached hydrogen (secondary N) is 1. The Morgan fingerprint density at radius 1 is 1.05 bits per heavy atom. The normalized spacial score (nSPS) is 10.3. The van der Waals surface area contributed by atoms with Crippen LogP contribution in [-0.4, -0.2) is 0 Å². The maximum atomic E-state index is 13.5. The molecule has 0 aromatic heterocycles. The van der Waals surface area contributed by atoms with E-state index >= 15 is 0 Å². The summed E-state index contributed by atoms with van der Waals surface area (Å²) < 4.78 is 13.5. The van der Waals surface area contributed by atoms with Gasteiger partial charge in [-0.3, -0.25) is 0 Å². The van der Waals surface area contributed by atoms with Crippen molar-refractivity contribution >= 4 is 11.4 Å². The fourth-order valence-electron chi connectivity index (χ4n) is 1.80.